The van der Waals surface area contributed by atoms with Gasteiger partial charge in [0.15, 0.2) is 5.17 Å². The normalized spacial score (nSPS) is 14.8. The highest BCUT2D eigenvalue weighted by atomic mass is 32.2. The molecule has 0 atom stereocenters. The Balaban J connectivity index is 2.29. The van der Waals surface area contributed by atoms with E-state index in [1.807, 2.05) is 31.2 Å². The highest BCUT2D eigenvalue weighted by Crippen LogP contribution is 2.22. The third-order valence-electron chi connectivity index (χ3n) is 2.17. The first-order valence-electron chi connectivity index (χ1n) is 4.76. The van der Waals surface area contributed by atoms with Crippen LogP contribution in [0.25, 0.3) is 0 Å². The molecule has 5 heteroatoms. The summed E-state index contributed by atoms with van der Waals surface area (Å²) in [5, 5.41) is 0.448. The van der Waals surface area contributed by atoms with E-state index in [1.165, 1.54) is 16.7 Å². The fourth-order valence-corrected chi connectivity index (χ4v) is 2.11. The number of hydrogen-bond acceptors (Lipinski definition) is 3. The van der Waals surface area contributed by atoms with E-state index in [-0.39, 0.29) is 5.91 Å². The summed E-state index contributed by atoms with van der Waals surface area (Å²) in [6.07, 6.45) is 0.676. The average molecular weight is 234 g/mol. The molecule has 0 spiro atoms. The number of thioether (sulfide) groups is 1. The van der Waals surface area contributed by atoms with Gasteiger partial charge in [0.25, 0.3) is 5.91 Å². The summed E-state index contributed by atoms with van der Waals surface area (Å²) >= 11 is 1.28. The van der Waals surface area contributed by atoms with Crippen molar-refractivity contribution in [1.29, 1.82) is 0 Å². The molecule has 16 heavy (non-hydrogen) atoms. The van der Waals surface area contributed by atoms with Gasteiger partial charge >= 0.3 is 0 Å². The maximum Gasteiger partial charge on any atom is 0.258 e. The maximum absolute atomic E-state index is 11.0. The van der Waals surface area contributed by atoms with Crippen LogP contribution in [0.15, 0.2) is 29.3 Å². The van der Waals surface area contributed by atoms with Crippen molar-refractivity contribution in [2.45, 2.75) is 6.92 Å². The molecular formula is C11H10N2O2S. The topological polar surface area (TPSA) is 49.7 Å². The second-order valence-corrected chi connectivity index (χ2v) is 4.33. The molecule has 0 bridgehead atoms. The maximum atomic E-state index is 11.0. The van der Waals surface area contributed by atoms with E-state index < -0.39 is 0 Å². The Hall–Kier alpha value is -1.62. The first-order valence-corrected chi connectivity index (χ1v) is 5.75. The molecule has 2 amide bonds. The molecular weight excluding hydrogens is 224 g/mol. The van der Waals surface area contributed by atoms with Crippen LogP contribution >= 0.6 is 11.8 Å². The van der Waals surface area contributed by atoms with Crippen LogP contribution in [0.1, 0.15) is 5.56 Å². The fraction of sp³-hybridized carbons (Fsp3) is 0.182. The van der Waals surface area contributed by atoms with Crippen molar-refractivity contribution in [2.75, 3.05) is 10.7 Å². The fourth-order valence-electron chi connectivity index (χ4n) is 1.34. The van der Waals surface area contributed by atoms with Gasteiger partial charge in [-0.25, -0.2) is 0 Å². The van der Waals surface area contributed by atoms with Crippen molar-refractivity contribution in [2.24, 2.45) is 4.99 Å². The van der Waals surface area contributed by atoms with Crippen LogP contribution in [-0.4, -0.2) is 23.2 Å². The zero-order valence-corrected chi connectivity index (χ0v) is 9.53. The molecule has 0 saturated heterocycles. The summed E-state index contributed by atoms with van der Waals surface area (Å²) in [6.45, 7) is 1.97. The van der Waals surface area contributed by atoms with Gasteiger partial charge in [-0.15, -0.1) is 0 Å². The number of hydrogen-bond donors (Lipinski definition) is 0. The number of carbonyl (C=O) groups excluding carboxylic acids is 2. The van der Waals surface area contributed by atoms with Crippen LogP contribution in [0.4, 0.5) is 5.69 Å². The van der Waals surface area contributed by atoms with Gasteiger partial charge in [0.05, 0.1) is 11.4 Å². The molecule has 0 saturated carbocycles. The summed E-state index contributed by atoms with van der Waals surface area (Å²) in [4.78, 5) is 27.2. The molecule has 82 valence electrons. The number of rotatable bonds is 2. The Bertz CT molecular complexity index is 454. The van der Waals surface area contributed by atoms with Crippen molar-refractivity contribution >= 4 is 34.9 Å². The number of carbonyl (C=O) groups is 2. The lowest BCUT2D eigenvalue weighted by Gasteiger charge is -2.15. The van der Waals surface area contributed by atoms with Crippen LogP contribution in [-0.2, 0) is 9.59 Å². The minimum Gasteiger partial charge on any atom is -0.278 e. The van der Waals surface area contributed by atoms with E-state index in [4.69, 9.17) is 0 Å². The number of aryl methyl sites for hydroxylation is 1. The molecule has 2 rings (SSSR count). The Kier molecular flexibility index (Phi) is 3.05. The van der Waals surface area contributed by atoms with Gasteiger partial charge < -0.3 is 0 Å². The summed E-state index contributed by atoms with van der Waals surface area (Å²) in [7, 11) is 0. The van der Waals surface area contributed by atoms with Crippen molar-refractivity contribution in [3.63, 3.8) is 0 Å². The van der Waals surface area contributed by atoms with E-state index in [9.17, 15) is 9.59 Å². The lowest BCUT2D eigenvalue weighted by molar-refractivity contribution is -0.115. The standard InChI is InChI=1S/C11H10N2O2S/c1-8-2-4-9(5-3-8)13(7-14)11-12-10(15)6-16-11/h2-5,7H,6H2,1H3. The van der Waals surface area contributed by atoms with Crippen molar-refractivity contribution in [3.8, 4) is 0 Å². The SMILES string of the molecule is Cc1ccc(N(C=O)C2=NC(=O)CS2)cc1. The van der Waals surface area contributed by atoms with Crippen LogP contribution in [0.3, 0.4) is 0 Å². The highest BCUT2D eigenvalue weighted by molar-refractivity contribution is 8.15. The molecule has 4 nitrogen and oxygen atoms in total. The molecule has 0 aromatic heterocycles. The van der Waals surface area contributed by atoms with E-state index in [1.54, 1.807) is 0 Å². The van der Waals surface area contributed by atoms with Gasteiger partial charge in [-0.1, -0.05) is 29.5 Å². The van der Waals surface area contributed by atoms with Gasteiger partial charge in [0.1, 0.15) is 0 Å². The lowest BCUT2D eigenvalue weighted by Crippen LogP contribution is -2.25. The minimum absolute atomic E-state index is 0.195. The minimum atomic E-state index is -0.195. The zero-order chi connectivity index (χ0) is 11.5. The number of anilines is 1. The Morgan fingerprint density at radius 3 is 2.56 bits per heavy atom. The zero-order valence-electron chi connectivity index (χ0n) is 8.71. The Morgan fingerprint density at radius 2 is 2.06 bits per heavy atom. The van der Waals surface area contributed by atoms with E-state index >= 15 is 0 Å². The molecule has 0 unspecified atom stereocenters. The highest BCUT2D eigenvalue weighted by Gasteiger charge is 2.21. The van der Waals surface area contributed by atoms with Crippen LogP contribution in [0.5, 0.6) is 0 Å². The van der Waals surface area contributed by atoms with Gasteiger partial charge in [0, 0.05) is 0 Å². The summed E-state index contributed by atoms with van der Waals surface area (Å²) < 4.78 is 0. The monoisotopic (exact) mass is 234 g/mol. The van der Waals surface area contributed by atoms with Gasteiger partial charge in [-0.2, -0.15) is 4.99 Å². The first kappa shape index (κ1) is 10.9. The third-order valence-corrected chi connectivity index (χ3v) is 3.11. The van der Waals surface area contributed by atoms with E-state index in [0.29, 0.717) is 17.3 Å². The molecule has 1 aromatic carbocycles. The Labute approximate surface area is 97.4 Å². The van der Waals surface area contributed by atoms with Gasteiger partial charge in [-0.05, 0) is 19.1 Å². The van der Waals surface area contributed by atoms with Gasteiger partial charge in [0.2, 0.25) is 6.41 Å². The number of nitrogens with zero attached hydrogens (tertiary/aromatic N) is 2. The Morgan fingerprint density at radius 1 is 1.38 bits per heavy atom. The molecule has 1 aliphatic heterocycles. The first-order chi connectivity index (χ1) is 7.70. The predicted molar refractivity (Wildman–Crippen MR) is 64.6 cm³/mol. The smallest absolute Gasteiger partial charge is 0.258 e. The molecule has 0 aliphatic carbocycles. The number of benzene rings is 1. The molecule has 1 aromatic rings. The van der Waals surface area contributed by atoms with E-state index in [2.05, 4.69) is 4.99 Å². The summed E-state index contributed by atoms with van der Waals surface area (Å²) in [5.41, 5.74) is 1.84. The molecule has 0 N–H and O–H groups in total. The van der Waals surface area contributed by atoms with Crippen molar-refractivity contribution in [3.05, 3.63) is 29.8 Å². The summed E-state index contributed by atoms with van der Waals surface area (Å²) in [6, 6.07) is 7.48. The second-order valence-electron chi connectivity index (χ2n) is 3.39. The van der Waals surface area contributed by atoms with Crippen molar-refractivity contribution in [1.82, 2.24) is 0 Å². The van der Waals surface area contributed by atoms with Crippen LogP contribution in [0, 0.1) is 6.92 Å². The van der Waals surface area contributed by atoms with Crippen LogP contribution < -0.4 is 4.90 Å². The van der Waals surface area contributed by atoms with Crippen molar-refractivity contribution < 1.29 is 9.59 Å². The predicted octanol–water partition coefficient (Wildman–Crippen LogP) is 1.59. The lowest BCUT2D eigenvalue weighted by atomic mass is 10.2. The third kappa shape index (κ3) is 2.14. The number of amides is 2. The average Bonchev–Trinajstić information content (AvgIpc) is 2.69. The number of aliphatic imine (C=N–C) groups is 1. The quantitative estimate of drug-likeness (QED) is 0.730. The van der Waals surface area contributed by atoms with Gasteiger partial charge in [-0.3, -0.25) is 14.5 Å². The molecule has 0 radical (unpaired) electrons. The second kappa shape index (κ2) is 4.49. The number of amidine groups is 1. The van der Waals surface area contributed by atoms with Crippen LogP contribution in [0.2, 0.25) is 0 Å². The largest absolute Gasteiger partial charge is 0.278 e. The van der Waals surface area contributed by atoms with E-state index in [0.717, 1.165) is 11.3 Å². The molecule has 1 aliphatic rings. The molecule has 1 heterocycles. The molecule has 0 fully saturated rings. The summed E-state index contributed by atoms with van der Waals surface area (Å²) in [5.74, 6) is 0.116.